The van der Waals surface area contributed by atoms with Crippen LogP contribution in [0.4, 0.5) is 0 Å². The molecule has 0 aliphatic heterocycles. The van der Waals surface area contributed by atoms with Gasteiger partial charge in [-0.1, -0.05) is 107 Å². The van der Waals surface area contributed by atoms with Gasteiger partial charge in [0.25, 0.3) is 0 Å². The lowest BCUT2D eigenvalue weighted by Gasteiger charge is -2.42. The van der Waals surface area contributed by atoms with E-state index < -0.39 is 16.6 Å². The first-order valence-corrected chi connectivity index (χ1v) is 19.6. The number of hydrogen-bond donors (Lipinski definition) is 0. The largest absolute Gasteiger partial charge is 0.416 e. The molecule has 0 aromatic rings. The van der Waals surface area contributed by atoms with Crippen LogP contribution in [0.3, 0.4) is 0 Å². The maximum atomic E-state index is 6.89. The highest BCUT2D eigenvalue weighted by molar-refractivity contribution is 8.03. The second kappa shape index (κ2) is 19.1. The predicted octanol–water partition coefficient (Wildman–Crippen LogP) is 9.52. The van der Waals surface area contributed by atoms with Crippen LogP contribution >= 0.6 is 11.8 Å². The molecule has 0 aliphatic carbocycles. The van der Waals surface area contributed by atoms with Crippen molar-refractivity contribution in [2.24, 2.45) is 0 Å². The van der Waals surface area contributed by atoms with Crippen LogP contribution in [0.2, 0.25) is 24.2 Å². The van der Waals surface area contributed by atoms with Gasteiger partial charge in [0.15, 0.2) is 0 Å². The molecule has 5 heteroatoms. The van der Waals surface area contributed by atoms with E-state index in [1.807, 2.05) is 0 Å². The molecule has 2 unspecified atom stereocenters. The van der Waals surface area contributed by atoms with E-state index in [9.17, 15) is 0 Å². The molecule has 188 valence electrons. The molecule has 0 saturated heterocycles. The normalized spacial score (nSPS) is 14.7. The molecule has 0 bridgehead atoms. The van der Waals surface area contributed by atoms with Gasteiger partial charge in [0.2, 0.25) is 16.6 Å². The van der Waals surface area contributed by atoms with Crippen LogP contribution in [0.25, 0.3) is 0 Å². The Morgan fingerprint density at radius 1 is 0.516 bits per heavy atom. The summed E-state index contributed by atoms with van der Waals surface area (Å²) in [7, 11) is -3.54. The van der Waals surface area contributed by atoms with Gasteiger partial charge in [0, 0.05) is 23.0 Å². The molecule has 0 rings (SSSR count). The minimum absolute atomic E-state index is 0.660. The molecule has 2 atom stereocenters. The molecule has 0 saturated carbocycles. The predicted molar refractivity (Wildman–Crippen MR) is 149 cm³/mol. The van der Waals surface area contributed by atoms with Gasteiger partial charge in [0.1, 0.15) is 0 Å². The second-order valence-electron chi connectivity index (χ2n) is 9.66. The number of unbranched alkanes of at least 4 members (excludes halogenated alkanes) is 4. The lowest BCUT2D eigenvalue weighted by Crippen LogP contribution is -2.53. The van der Waals surface area contributed by atoms with Gasteiger partial charge in [-0.15, -0.1) is 0 Å². The van der Waals surface area contributed by atoms with Gasteiger partial charge in [-0.05, 0) is 37.0 Å². The summed E-state index contributed by atoms with van der Waals surface area (Å²) in [5.41, 5.74) is 0. The summed E-state index contributed by atoms with van der Waals surface area (Å²) in [5.74, 6) is 0. The van der Waals surface area contributed by atoms with Crippen LogP contribution in [0.1, 0.15) is 120 Å². The molecule has 0 amide bonds. The third-order valence-electron chi connectivity index (χ3n) is 6.89. The van der Waals surface area contributed by atoms with Gasteiger partial charge in [-0.2, -0.15) is 11.8 Å². The van der Waals surface area contributed by atoms with Crippen molar-refractivity contribution >= 4 is 28.4 Å². The van der Waals surface area contributed by atoms with Crippen molar-refractivity contribution in [3.05, 3.63) is 0 Å². The molecule has 0 N–H and O–H groups in total. The molecule has 0 spiro atoms. The maximum absolute atomic E-state index is 6.89. The third-order valence-corrected chi connectivity index (χ3v) is 20.4. The number of rotatable bonds is 22. The highest BCUT2D eigenvalue weighted by Crippen LogP contribution is 2.41. The summed E-state index contributed by atoms with van der Waals surface area (Å²) in [5, 5.41) is 0. The van der Waals surface area contributed by atoms with Crippen LogP contribution in [0.15, 0.2) is 0 Å². The Balaban J connectivity index is 5.74. The first-order chi connectivity index (χ1) is 14.9. The molecular weight excluding hydrogens is 433 g/mol. The average molecular weight is 491 g/mol. The molecule has 0 aliphatic rings. The number of thioether (sulfide) groups is 1. The van der Waals surface area contributed by atoms with E-state index in [1.165, 1.54) is 75.5 Å². The van der Waals surface area contributed by atoms with Gasteiger partial charge in [0.05, 0.1) is 0 Å². The standard InChI is InChI=1S/C26H58O2SSi2/c1-9-15-21-30(22-16-10-2,27-19-13-5)25(7)29-26(8)31(23-17-11-3,24-18-12-4)28-20-14-6/h25-26H,9-24H2,1-8H3. The van der Waals surface area contributed by atoms with E-state index in [2.05, 4.69) is 67.2 Å². The first-order valence-electron chi connectivity index (χ1n) is 13.8. The Morgan fingerprint density at radius 2 is 0.806 bits per heavy atom. The Hall–Kier alpha value is 0.704. The summed E-state index contributed by atoms with van der Waals surface area (Å²) >= 11 is 2.29. The lowest BCUT2D eigenvalue weighted by atomic mass is 10.4. The molecule has 0 heterocycles. The van der Waals surface area contributed by atoms with E-state index in [0.29, 0.717) is 9.75 Å². The first kappa shape index (κ1) is 31.7. The van der Waals surface area contributed by atoms with Crippen molar-refractivity contribution in [2.45, 2.75) is 154 Å². The van der Waals surface area contributed by atoms with Crippen LogP contribution in [-0.2, 0) is 8.85 Å². The Morgan fingerprint density at radius 3 is 1.03 bits per heavy atom. The molecule has 31 heavy (non-hydrogen) atoms. The van der Waals surface area contributed by atoms with Gasteiger partial charge in [-0.25, -0.2) is 0 Å². The van der Waals surface area contributed by atoms with Crippen molar-refractivity contribution in [2.75, 3.05) is 13.2 Å². The van der Waals surface area contributed by atoms with Crippen LogP contribution in [-0.4, -0.2) is 39.6 Å². The Labute approximate surface area is 203 Å². The summed E-state index contributed by atoms with van der Waals surface area (Å²) in [6.07, 6.45) is 12.8. The minimum atomic E-state index is -1.77. The smallest absolute Gasteiger partial charge is 0.205 e. The zero-order valence-corrected chi connectivity index (χ0v) is 25.5. The van der Waals surface area contributed by atoms with Gasteiger partial charge >= 0.3 is 0 Å². The maximum Gasteiger partial charge on any atom is 0.205 e. The van der Waals surface area contributed by atoms with E-state index in [0.717, 1.165) is 26.1 Å². The van der Waals surface area contributed by atoms with Crippen molar-refractivity contribution in [1.29, 1.82) is 0 Å². The minimum Gasteiger partial charge on any atom is -0.416 e. The zero-order valence-electron chi connectivity index (χ0n) is 22.7. The Kier molecular flexibility index (Phi) is 19.5. The van der Waals surface area contributed by atoms with Crippen molar-refractivity contribution < 1.29 is 8.85 Å². The topological polar surface area (TPSA) is 18.5 Å². The summed E-state index contributed by atoms with van der Waals surface area (Å²) in [6, 6.07) is 5.38. The van der Waals surface area contributed by atoms with E-state index >= 15 is 0 Å². The van der Waals surface area contributed by atoms with Crippen LogP contribution in [0.5, 0.6) is 0 Å². The molecule has 0 fully saturated rings. The molecule has 0 aromatic heterocycles. The van der Waals surface area contributed by atoms with Gasteiger partial charge in [-0.3, -0.25) is 0 Å². The molecule has 2 nitrogen and oxygen atoms in total. The van der Waals surface area contributed by atoms with Crippen molar-refractivity contribution in [3.63, 3.8) is 0 Å². The fourth-order valence-corrected chi connectivity index (χ4v) is 18.9. The van der Waals surface area contributed by atoms with E-state index in [4.69, 9.17) is 8.85 Å². The third kappa shape index (κ3) is 11.6. The quantitative estimate of drug-likeness (QED) is 0.141. The van der Waals surface area contributed by atoms with E-state index in [-0.39, 0.29) is 0 Å². The average Bonchev–Trinajstić information content (AvgIpc) is 2.78. The monoisotopic (exact) mass is 490 g/mol. The van der Waals surface area contributed by atoms with Gasteiger partial charge < -0.3 is 8.85 Å². The van der Waals surface area contributed by atoms with E-state index in [1.54, 1.807) is 0 Å². The molecule has 0 aromatic carbocycles. The zero-order chi connectivity index (χ0) is 23.6. The lowest BCUT2D eigenvalue weighted by molar-refractivity contribution is 0.292. The highest BCUT2D eigenvalue weighted by atomic mass is 32.2. The molecular formula is C26H58O2SSi2. The van der Waals surface area contributed by atoms with Crippen LogP contribution < -0.4 is 0 Å². The fraction of sp³-hybridized carbons (Fsp3) is 1.00. The van der Waals surface area contributed by atoms with Crippen molar-refractivity contribution in [1.82, 2.24) is 0 Å². The summed E-state index contributed by atoms with van der Waals surface area (Å²) in [4.78, 5) is 1.32. The SMILES string of the molecule is CCCC[Si](CCCC)(OCCC)C(C)SC(C)[Si](CCCC)(CCCC)OCCC. The fourth-order valence-electron chi connectivity index (χ4n) is 4.66. The second-order valence-corrected chi connectivity index (χ2v) is 20.8. The summed E-state index contributed by atoms with van der Waals surface area (Å²) < 4.78 is 13.8. The summed E-state index contributed by atoms with van der Waals surface area (Å²) in [6.45, 7) is 20.9. The van der Waals surface area contributed by atoms with Crippen molar-refractivity contribution in [3.8, 4) is 0 Å². The van der Waals surface area contributed by atoms with Crippen LogP contribution in [0, 0.1) is 0 Å². The highest BCUT2D eigenvalue weighted by Gasteiger charge is 2.46. The Bertz CT molecular complexity index is 329. The molecule has 0 radical (unpaired) electrons. The number of hydrogen-bond acceptors (Lipinski definition) is 3.